The number of carbonyl (C=O) groups is 1. The molecule has 1 aromatic rings. The van der Waals surface area contributed by atoms with Crippen molar-refractivity contribution in [3.05, 3.63) is 29.8 Å². The summed E-state index contributed by atoms with van der Waals surface area (Å²) < 4.78 is 36.8. The van der Waals surface area contributed by atoms with E-state index in [9.17, 15) is 18.0 Å². The Morgan fingerprint density at radius 3 is 2.65 bits per heavy atom. The molecule has 0 aliphatic rings. The first kappa shape index (κ1) is 16.3. The molecule has 3 N–H and O–H groups in total. The zero-order valence-electron chi connectivity index (χ0n) is 11.0. The third kappa shape index (κ3) is 5.92. The molecule has 20 heavy (non-hydrogen) atoms. The highest BCUT2D eigenvalue weighted by molar-refractivity contribution is 5.89. The molecule has 2 amide bonds. The van der Waals surface area contributed by atoms with E-state index in [0.717, 1.165) is 0 Å². The number of hydrogen-bond acceptors (Lipinski definition) is 2. The molecule has 1 unspecified atom stereocenters. The van der Waals surface area contributed by atoms with Crippen LogP contribution in [0.5, 0.6) is 0 Å². The van der Waals surface area contributed by atoms with Crippen molar-refractivity contribution in [1.29, 1.82) is 0 Å². The average molecular weight is 290 g/mol. The van der Waals surface area contributed by atoms with Crippen LogP contribution in [0.2, 0.25) is 0 Å². The second-order valence-corrected chi connectivity index (χ2v) is 4.38. The van der Waals surface area contributed by atoms with E-state index in [1.165, 1.54) is 24.3 Å². The van der Waals surface area contributed by atoms with Gasteiger partial charge in [-0.1, -0.05) is 19.1 Å². The largest absolute Gasteiger partial charge is 0.394 e. The van der Waals surface area contributed by atoms with Gasteiger partial charge in [-0.25, -0.2) is 4.79 Å². The van der Waals surface area contributed by atoms with E-state index in [1.54, 1.807) is 6.92 Å². The fraction of sp³-hybridized carbons (Fsp3) is 0.462. The van der Waals surface area contributed by atoms with Crippen LogP contribution in [-0.4, -0.2) is 30.0 Å². The normalized spacial score (nSPS) is 12.8. The number of benzene rings is 1. The van der Waals surface area contributed by atoms with E-state index >= 15 is 0 Å². The number of halogens is 3. The Kier molecular flexibility index (Phi) is 5.82. The molecule has 1 aromatic carbocycles. The van der Waals surface area contributed by atoms with Gasteiger partial charge in [0.2, 0.25) is 0 Å². The third-order valence-electron chi connectivity index (χ3n) is 2.64. The summed E-state index contributed by atoms with van der Waals surface area (Å²) in [5.41, 5.74) is 0.349. The van der Waals surface area contributed by atoms with Crippen LogP contribution in [0.3, 0.4) is 0 Å². The number of alkyl halides is 3. The van der Waals surface area contributed by atoms with E-state index < -0.39 is 18.6 Å². The Morgan fingerprint density at radius 2 is 2.10 bits per heavy atom. The zero-order chi connectivity index (χ0) is 15.2. The summed E-state index contributed by atoms with van der Waals surface area (Å²) in [6.45, 7) is 1.60. The minimum atomic E-state index is -4.29. The van der Waals surface area contributed by atoms with E-state index in [0.29, 0.717) is 6.42 Å². The number of anilines is 1. The number of aliphatic hydroxyl groups is 1. The van der Waals surface area contributed by atoms with Gasteiger partial charge in [-0.2, -0.15) is 13.2 Å². The lowest BCUT2D eigenvalue weighted by Gasteiger charge is -2.15. The van der Waals surface area contributed by atoms with Crippen molar-refractivity contribution in [3.8, 4) is 0 Å². The van der Waals surface area contributed by atoms with Crippen LogP contribution in [-0.2, 0) is 6.42 Å². The molecule has 0 radical (unpaired) electrons. The first-order valence-electron chi connectivity index (χ1n) is 6.18. The fourth-order valence-electron chi connectivity index (χ4n) is 1.62. The number of nitrogens with one attached hydrogen (secondary N) is 2. The van der Waals surface area contributed by atoms with Crippen molar-refractivity contribution < 1.29 is 23.1 Å². The Labute approximate surface area is 115 Å². The molecule has 1 atom stereocenters. The molecular formula is C13H17F3N2O2. The molecule has 0 spiro atoms. The molecule has 0 aliphatic carbocycles. The SMILES string of the molecule is CCC(CO)NC(=O)Nc1cccc(CC(F)(F)F)c1. The molecule has 1 rings (SSSR count). The van der Waals surface area contributed by atoms with Gasteiger partial charge >= 0.3 is 12.2 Å². The van der Waals surface area contributed by atoms with E-state index in [4.69, 9.17) is 5.11 Å². The van der Waals surface area contributed by atoms with Gasteiger partial charge < -0.3 is 15.7 Å². The van der Waals surface area contributed by atoms with Gasteiger partial charge in [-0.05, 0) is 24.1 Å². The maximum Gasteiger partial charge on any atom is 0.393 e. The van der Waals surface area contributed by atoms with Gasteiger partial charge in [0, 0.05) is 5.69 Å². The Balaban J connectivity index is 2.64. The summed E-state index contributed by atoms with van der Waals surface area (Å²) in [5, 5.41) is 13.9. The maximum absolute atomic E-state index is 12.3. The quantitative estimate of drug-likeness (QED) is 0.780. The van der Waals surface area contributed by atoms with Crippen LogP contribution in [0, 0.1) is 0 Å². The molecule has 0 saturated carbocycles. The average Bonchev–Trinajstić information content (AvgIpc) is 2.34. The number of amides is 2. The number of aliphatic hydroxyl groups excluding tert-OH is 1. The Bertz CT molecular complexity index is 445. The minimum absolute atomic E-state index is 0.0736. The van der Waals surface area contributed by atoms with Gasteiger partial charge in [0.05, 0.1) is 19.1 Å². The van der Waals surface area contributed by atoms with Crippen LogP contribution in [0.4, 0.5) is 23.7 Å². The van der Waals surface area contributed by atoms with Crippen LogP contribution in [0.25, 0.3) is 0 Å². The Hall–Kier alpha value is -1.76. The topological polar surface area (TPSA) is 61.4 Å². The lowest BCUT2D eigenvalue weighted by molar-refractivity contribution is -0.127. The van der Waals surface area contributed by atoms with E-state index in [-0.39, 0.29) is 23.9 Å². The molecule has 4 nitrogen and oxygen atoms in total. The minimum Gasteiger partial charge on any atom is -0.394 e. The van der Waals surface area contributed by atoms with E-state index in [1.807, 2.05) is 0 Å². The Morgan fingerprint density at radius 1 is 1.40 bits per heavy atom. The van der Waals surface area contributed by atoms with Crippen LogP contribution in [0.1, 0.15) is 18.9 Å². The number of hydrogen-bond donors (Lipinski definition) is 3. The monoisotopic (exact) mass is 290 g/mol. The lowest BCUT2D eigenvalue weighted by atomic mass is 10.1. The second-order valence-electron chi connectivity index (χ2n) is 4.38. The standard InChI is InChI=1S/C13H17F3N2O2/c1-2-10(8-19)17-12(20)18-11-5-3-4-9(6-11)7-13(14,15)16/h3-6,10,19H,2,7-8H2,1H3,(H2,17,18,20). The first-order valence-corrected chi connectivity index (χ1v) is 6.18. The van der Waals surface area contributed by atoms with Gasteiger partial charge in [0.15, 0.2) is 0 Å². The van der Waals surface area contributed by atoms with Gasteiger partial charge in [0.1, 0.15) is 0 Å². The number of carbonyl (C=O) groups excluding carboxylic acids is 1. The zero-order valence-corrected chi connectivity index (χ0v) is 11.0. The van der Waals surface area contributed by atoms with Crippen molar-refractivity contribution in [2.75, 3.05) is 11.9 Å². The third-order valence-corrected chi connectivity index (χ3v) is 2.64. The highest BCUT2D eigenvalue weighted by Crippen LogP contribution is 2.22. The van der Waals surface area contributed by atoms with Crippen molar-refractivity contribution in [1.82, 2.24) is 5.32 Å². The smallest absolute Gasteiger partial charge is 0.393 e. The molecule has 0 fully saturated rings. The molecule has 0 aromatic heterocycles. The molecule has 112 valence electrons. The van der Waals surface area contributed by atoms with Crippen molar-refractivity contribution >= 4 is 11.7 Å². The molecule has 7 heteroatoms. The predicted molar refractivity (Wildman–Crippen MR) is 69.5 cm³/mol. The molecule has 0 saturated heterocycles. The number of rotatable bonds is 5. The first-order chi connectivity index (χ1) is 9.34. The van der Waals surface area contributed by atoms with Crippen molar-refractivity contribution in [3.63, 3.8) is 0 Å². The fourth-order valence-corrected chi connectivity index (χ4v) is 1.62. The maximum atomic E-state index is 12.3. The van der Waals surface area contributed by atoms with Crippen LogP contribution >= 0.6 is 0 Å². The van der Waals surface area contributed by atoms with Crippen LogP contribution < -0.4 is 10.6 Å². The summed E-state index contributed by atoms with van der Waals surface area (Å²) in [5.74, 6) is 0. The molecule has 0 heterocycles. The van der Waals surface area contributed by atoms with Crippen molar-refractivity contribution in [2.45, 2.75) is 32.0 Å². The summed E-state index contributed by atoms with van der Waals surface area (Å²) in [7, 11) is 0. The van der Waals surface area contributed by atoms with E-state index in [2.05, 4.69) is 10.6 Å². The van der Waals surface area contributed by atoms with Gasteiger partial charge in [-0.3, -0.25) is 0 Å². The highest BCUT2D eigenvalue weighted by Gasteiger charge is 2.27. The number of urea groups is 1. The van der Waals surface area contributed by atoms with Gasteiger partial charge in [-0.15, -0.1) is 0 Å². The summed E-state index contributed by atoms with van der Waals surface area (Å²) in [4.78, 5) is 11.6. The highest BCUT2D eigenvalue weighted by atomic mass is 19.4. The summed E-state index contributed by atoms with van der Waals surface area (Å²) >= 11 is 0. The van der Waals surface area contributed by atoms with Gasteiger partial charge in [0.25, 0.3) is 0 Å². The molecular weight excluding hydrogens is 273 g/mol. The van der Waals surface area contributed by atoms with Crippen molar-refractivity contribution in [2.24, 2.45) is 0 Å². The predicted octanol–water partition coefficient (Wildman–Crippen LogP) is 2.68. The molecule has 0 aliphatic heterocycles. The second kappa shape index (κ2) is 7.14. The molecule has 0 bridgehead atoms. The van der Waals surface area contributed by atoms with Crippen LogP contribution in [0.15, 0.2) is 24.3 Å². The summed E-state index contributed by atoms with van der Waals surface area (Å²) in [6, 6.07) is 4.62. The summed E-state index contributed by atoms with van der Waals surface area (Å²) in [6.07, 6.45) is -4.78. The lowest BCUT2D eigenvalue weighted by Crippen LogP contribution is -2.39.